The number of carbonyl (C=O) groups excluding carboxylic acids is 1. The molecule has 0 aliphatic rings. The minimum absolute atomic E-state index is 0.0179. The molecule has 2 rings (SSSR count). The average Bonchev–Trinajstić information content (AvgIpc) is 2.56. The van der Waals surface area contributed by atoms with Crippen molar-refractivity contribution in [3.05, 3.63) is 57.6 Å². The van der Waals surface area contributed by atoms with Crippen LogP contribution in [0.5, 0.6) is 17.2 Å². The molecule has 24 heavy (non-hydrogen) atoms. The summed E-state index contributed by atoms with van der Waals surface area (Å²) in [5.74, 6) is 0.254. The van der Waals surface area contributed by atoms with E-state index >= 15 is 0 Å². The Balaban J connectivity index is 2.46. The Morgan fingerprint density at radius 2 is 1.92 bits per heavy atom. The number of nitro benzene ring substituents is 1. The molecule has 0 heterocycles. The maximum atomic E-state index is 11.4. The zero-order chi connectivity index (χ0) is 17.7. The molecule has 0 aliphatic carbocycles. The van der Waals surface area contributed by atoms with E-state index in [9.17, 15) is 14.9 Å². The van der Waals surface area contributed by atoms with Crippen LogP contribution in [-0.4, -0.2) is 17.3 Å². The predicted octanol–water partition coefficient (Wildman–Crippen LogP) is 3.86. The summed E-state index contributed by atoms with van der Waals surface area (Å²) in [6.45, 7) is 3.44. The van der Waals surface area contributed by atoms with Gasteiger partial charge in [-0.25, -0.2) is 0 Å². The molecular weight excluding hydrogens is 312 g/mol. The number of carbonyl (C=O) groups is 1. The van der Waals surface area contributed by atoms with Crippen LogP contribution >= 0.6 is 0 Å². The molecule has 0 spiro atoms. The van der Waals surface area contributed by atoms with Gasteiger partial charge in [-0.3, -0.25) is 14.9 Å². The molecule has 0 radical (unpaired) electrons. The second kappa shape index (κ2) is 7.24. The third-order valence-corrected chi connectivity index (χ3v) is 3.15. The van der Waals surface area contributed by atoms with Gasteiger partial charge in [0.15, 0.2) is 17.3 Å². The lowest BCUT2D eigenvalue weighted by Crippen LogP contribution is -2.00. The number of hydrogen-bond acceptors (Lipinski definition) is 6. The van der Waals surface area contributed by atoms with Crippen LogP contribution in [0.25, 0.3) is 0 Å². The molecule has 2 aromatic rings. The minimum atomic E-state index is -0.619. The molecule has 0 aromatic heterocycles. The topological polar surface area (TPSA) is 102 Å². The molecule has 2 aromatic carbocycles. The van der Waals surface area contributed by atoms with Crippen molar-refractivity contribution in [1.82, 2.24) is 0 Å². The summed E-state index contributed by atoms with van der Waals surface area (Å²) in [4.78, 5) is 22.0. The maximum absolute atomic E-state index is 11.4. The van der Waals surface area contributed by atoms with Crippen LogP contribution in [0.3, 0.4) is 0 Å². The third kappa shape index (κ3) is 3.67. The first-order chi connectivity index (χ1) is 11.5. The first-order valence-electron chi connectivity index (χ1n) is 7.10. The predicted molar refractivity (Wildman–Crippen MR) is 85.5 cm³/mol. The van der Waals surface area contributed by atoms with Crippen LogP contribution in [0.1, 0.15) is 29.8 Å². The second-order valence-corrected chi connectivity index (χ2v) is 4.80. The number of ether oxygens (including phenoxy) is 2. The van der Waals surface area contributed by atoms with Crippen molar-refractivity contribution >= 4 is 11.5 Å². The van der Waals surface area contributed by atoms with Crippen molar-refractivity contribution in [2.75, 3.05) is 6.61 Å². The molecule has 0 atom stereocenters. The molecule has 0 aliphatic heterocycles. The maximum Gasteiger partial charge on any atom is 0.312 e. The van der Waals surface area contributed by atoms with Gasteiger partial charge in [0.2, 0.25) is 5.75 Å². The fourth-order valence-electron chi connectivity index (χ4n) is 2.01. The van der Waals surface area contributed by atoms with Gasteiger partial charge in [-0.1, -0.05) is 0 Å². The molecule has 0 unspecified atom stereocenters. The summed E-state index contributed by atoms with van der Waals surface area (Å²) in [7, 11) is 0. The monoisotopic (exact) mass is 326 g/mol. The number of hydrogen-bond donors (Lipinski definition) is 0. The van der Waals surface area contributed by atoms with E-state index in [-0.39, 0.29) is 28.5 Å². The Bertz CT molecular complexity index is 839. The Kier molecular flexibility index (Phi) is 5.12. The van der Waals surface area contributed by atoms with Crippen molar-refractivity contribution in [2.45, 2.75) is 13.8 Å². The quantitative estimate of drug-likeness (QED) is 0.453. The van der Waals surface area contributed by atoms with Gasteiger partial charge in [0, 0.05) is 17.7 Å². The summed E-state index contributed by atoms with van der Waals surface area (Å²) in [6.07, 6.45) is 0. The first kappa shape index (κ1) is 17.0. The van der Waals surface area contributed by atoms with E-state index in [0.29, 0.717) is 17.9 Å². The molecule has 0 saturated heterocycles. The number of rotatable bonds is 6. The molecular formula is C17H14N2O5. The summed E-state index contributed by atoms with van der Waals surface area (Å²) in [5.41, 5.74) is 0.278. The molecule has 122 valence electrons. The van der Waals surface area contributed by atoms with Gasteiger partial charge in [0.1, 0.15) is 0 Å². The van der Waals surface area contributed by atoms with Crippen molar-refractivity contribution < 1.29 is 19.2 Å². The second-order valence-electron chi connectivity index (χ2n) is 4.80. The highest BCUT2D eigenvalue weighted by atomic mass is 16.6. The van der Waals surface area contributed by atoms with Gasteiger partial charge in [-0.15, -0.1) is 0 Å². The number of nitrogens with zero attached hydrogens (tertiary/aromatic N) is 2. The highest BCUT2D eigenvalue weighted by molar-refractivity contribution is 5.95. The molecule has 0 amide bonds. The highest BCUT2D eigenvalue weighted by Crippen LogP contribution is 2.37. The van der Waals surface area contributed by atoms with Crippen LogP contribution in [0.2, 0.25) is 0 Å². The van der Waals surface area contributed by atoms with E-state index in [2.05, 4.69) is 0 Å². The van der Waals surface area contributed by atoms with Gasteiger partial charge >= 0.3 is 5.69 Å². The van der Waals surface area contributed by atoms with Crippen molar-refractivity contribution in [2.24, 2.45) is 0 Å². The van der Waals surface area contributed by atoms with E-state index in [1.807, 2.05) is 6.07 Å². The fourth-order valence-corrected chi connectivity index (χ4v) is 2.01. The van der Waals surface area contributed by atoms with E-state index in [1.54, 1.807) is 6.92 Å². The average molecular weight is 326 g/mol. The lowest BCUT2D eigenvalue weighted by molar-refractivity contribution is -0.385. The molecule has 0 fully saturated rings. The standard InChI is InChI=1S/C17H14N2O5/c1-3-23-17-8-12(10-18)4-6-16(17)24-15-7-5-13(11(2)20)9-14(15)19(21)22/h4-9H,3H2,1-2H3. The number of benzene rings is 2. The van der Waals surface area contributed by atoms with Gasteiger partial charge in [0.25, 0.3) is 0 Å². The van der Waals surface area contributed by atoms with Crippen molar-refractivity contribution in [3.63, 3.8) is 0 Å². The zero-order valence-electron chi connectivity index (χ0n) is 13.1. The summed E-state index contributed by atoms with van der Waals surface area (Å²) in [6, 6.07) is 10.5. The number of Topliss-reactive ketones (excluding diaryl/α,β-unsaturated/α-hetero) is 1. The number of ketones is 1. The Hall–Kier alpha value is -3.40. The lowest BCUT2D eigenvalue weighted by Gasteiger charge is -2.12. The van der Waals surface area contributed by atoms with Crippen LogP contribution in [0.15, 0.2) is 36.4 Å². The first-order valence-corrected chi connectivity index (χ1v) is 7.10. The van der Waals surface area contributed by atoms with Crippen molar-refractivity contribution in [3.8, 4) is 23.3 Å². The largest absolute Gasteiger partial charge is 0.490 e. The van der Waals surface area contributed by atoms with E-state index in [1.165, 1.54) is 43.3 Å². The number of nitriles is 1. The van der Waals surface area contributed by atoms with Crippen LogP contribution < -0.4 is 9.47 Å². The fraction of sp³-hybridized carbons (Fsp3) is 0.176. The van der Waals surface area contributed by atoms with Crippen LogP contribution in [0, 0.1) is 21.4 Å². The normalized spacial score (nSPS) is 9.88. The van der Waals surface area contributed by atoms with Crippen LogP contribution in [0.4, 0.5) is 5.69 Å². The summed E-state index contributed by atoms with van der Waals surface area (Å²) < 4.78 is 11.0. The SMILES string of the molecule is CCOc1cc(C#N)ccc1Oc1ccc(C(C)=O)cc1[N+](=O)[O-]. The van der Waals surface area contributed by atoms with Crippen molar-refractivity contribution in [1.29, 1.82) is 5.26 Å². The van der Waals surface area contributed by atoms with E-state index in [0.717, 1.165) is 0 Å². The molecule has 7 heteroatoms. The highest BCUT2D eigenvalue weighted by Gasteiger charge is 2.19. The smallest absolute Gasteiger partial charge is 0.312 e. The molecule has 0 bridgehead atoms. The molecule has 0 N–H and O–H groups in total. The van der Waals surface area contributed by atoms with Crippen LogP contribution in [-0.2, 0) is 0 Å². The molecule has 7 nitrogen and oxygen atoms in total. The molecule has 0 saturated carbocycles. The Morgan fingerprint density at radius 3 is 2.50 bits per heavy atom. The summed E-state index contributed by atoms with van der Waals surface area (Å²) in [5, 5.41) is 20.2. The van der Waals surface area contributed by atoms with Gasteiger partial charge in [0.05, 0.1) is 23.2 Å². The Morgan fingerprint density at radius 1 is 1.21 bits per heavy atom. The Labute approximate surface area is 138 Å². The third-order valence-electron chi connectivity index (χ3n) is 3.15. The van der Waals surface area contributed by atoms with E-state index in [4.69, 9.17) is 14.7 Å². The zero-order valence-corrected chi connectivity index (χ0v) is 13.1. The van der Waals surface area contributed by atoms with E-state index < -0.39 is 4.92 Å². The van der Waals surface area contributed by atoms with Gasteiger partial charge in [-0.2, -0.15) is 5.26 Å². The van der Waals surface area contributed by atoms with Gasteiger partial charge < -0.3 is 9.47 Å². The summed E-state index contributed by atoms with van der Waals surface area (Å²) >= 11 is 0. The van der Waals surface area contributed by atoms with Gasteiger partial charge in [-0.05, 0) is 38.1 Å². The minimum Gasteiger partial charge on any atom is -0.490 e. The number of nitro groups is 1. The lowest BCUT2D eigenvalue weighted by atomic mass is 10.1.